The molecule has 0 aliphatic rings. The number of nitrogens with zero attached hydrogens (tertiary/aromatic N) is 3. The summed E-state index contributed by atoms with van der Waals surface area (Å²) in [5.41, 5.74) is 2.10. The molecule has 0 fully saturated rings. The molecule has 0 bridgehead atoms. The van der Waals surface area contributed by atoms with Crippen LogP contribution in [0.3, 0.4) is 0 Å². The standard InChI is InChI=1S/C12H9ClN4/c1-8-2-3-11(10(13)6-8)17-12-15-5-4-9(7-14)16-12/h2-6H,1H3,(H,15,16,17). The van der Waals surface area contributed by atoms with Crippen LogP contribution < -0.4 is 5.32 Å². The van der Waals surface area contributed by atoms with E-state index in [-0.39, 0.29) is 0 Å². The van der Waals surface area contributed by atoms with Crippen molar-refractivity contribution in [3.05, 3.63) is 46.7 Å². The second-order valence-electron chi connectivity index (χ2n) is 3.49. The van der Waals surface area contributed by atoms with Crippen molar-refractivity contribution < 1.29 is 0 Å². The van der Waals surface area contributed by atoms with Crippen LogP contribution in [-0.2, 0) is 0 Å². The number of halogens is 1. The van der Waals surface area contributed by atoms with Crippen LogP contribution in [0.25, 0.3) is 0 Å². The molecule has 0 unspecified atom stereocenters. The maximum atomic E-state index is 8.72. The number of benzene rings is 1. The first kappa shape index (κ1) is 11.4. The Kier molecular flexibility index (Phi) is 3.22. The Morgan fingerprint density at radius 2 is 2.18 bits per heavy atom. The number of nitrogens with one attached hydrogen (secondary N) is 1. The minimum Gasteiger partial charge on any atom is -0.323 e. The molecule has 4 nitrogen and oxygen atoms in total. The molecule has 0 radical (unpaired) electrons. The maximum Gasteiger partial charge on any atom is 0.228 e. The SMILES string of the molecule is Cc1ccc(Nc2nccc(C#N)n2)c(Cl)c1. The lowest BCUT2D eigenvalue weighted by molar-refractivity contribution is 1.14. The molecule has 1 N–H and O–H groups in total. The van der Waals surface area contributed by atoms with Gasteiger partial charge in [0, 0.05) is 6.20 Å². The number of nitriles is 1. The van der Waals surface area contributed by atoms with Crippen LogP contribution in [0.5, 0.6) is 0 Å². The Morgan fingerprint density at radius 3 is 2.88 bits per heavy atom. The molecule has 2 rings (SSSR count). The van der Waals surface area contributed by atoms with Crippen LogP contribution in [-0.4, -0.2) is 9.97 Å². The topological polar surface area (TPSA) is 61.6 Å². The van der Waals surface area contributed by atoms with E-state index in [2.05, 4.69) is 15.3 Å². The molecule has 1 aromatic heterocycles. The fraction of sp³-hybridized carbons (Fsp3) is 0.0833. The van der Waals surface area contributed by atoms with Gasteiger partial charge in [-0.2, -0.15) is 5.26 Å². The third-order valence-corrected chi connectivity index (χ3v) is 2.45. The van der Waals surface area contributed by atoms with Crippen molar-refractivity contribution in [2.45, 2.75) is 6.92 Å². The van der Waals surface area contributed by atoms with Crippen LogP contribution in [0.15, 0.2) is 30.5 Å². The van der Waals surface area contributed by atoms with Gasteiger partial charge in [0.05, 0.1) is 10.7 Å². The zero-order valence-electron chi connectivity index (χ0n) is 9.11. The zero-order valence-corrected chi connectivity index (χ0v) is 9.86. The van der Waals surface area contributed by atoms with E-state index >= 15 is 0 Å². The first-order valence-corrected chi connectivity index (χ1v) is 5.33. The number of hydrogen-bond donors (Lipinski definition) is 1. The summed E-state index contributed by atoms with van der Waals surface area (Å²) >= 11 is 6.07. The van der Waals surface area contributed by atoms with Gasteiger partial charge in [-0.3, -0.25) is 0 Å². The molecular formula is C12H9ClN4. The van der Waals surface area contributed by atoms with Gasteiger partial charge < -0.3 is 5.32 Å². The van der Waals surface area contributed by atoms with Crippen molar-refractivity contribution in [3.63, 3.8) is 0 Å². The molecule has 0 aliphatic carbocycles. The molecule has 84 valence electrons. The summed E-state index contributed by atoms with van der Waals surface area (Å²) in [5, 5.41) is 12.3. The molecular weight excluding hydrogens is 236 g/mol. The van der Waals surface area contributed by atoms with Crippen LogP contribution >= 0.6 is 11.6 Å². The Labute approximate surface area is 104 Å². The second kappa shape index (κ2) is 4.81. The van der Waals surface area contributed by atoms with E-state index in [1.54, 1.807) is 6.07 Å². The molecule has 0 spiro atoms. The van der Waals surface area contributed by atoms with Crippen LogP contribution in [0.4, 0.5) is 11.6 Å². The van der Waals surface area contributed by atoms with Gasteiger partial charge >= 0.3 is 0 Å². The van der Waals surface area contributed by atoms with Crippen molar-refractivity contribution in [1.29, 1.82) is 5.26 Å². The number of hydrogen-bond acceptors (Lipinski definition) is 4. The van der Waals surface area contributed by atoms with Gasteiger partial charge in [0.15, 0.2) is 0 Å². The predicted octanol–water partition coefficient (Wildman–Crippen LogP) is 3.05. The Hall–Kier alpha value is -2.12. The Balaban J connectivity index is 2.28. The summed E-state index contributed by atoms with van der Waals surface area (Å²) in [5.74, 6) is 0.356. The monoisotopic (exact) mass is 244 g/mol. The average Bonchev–Trinajstić information content (AvgIpc) is 2.33. The fourth-order valence-corrected chi connectivity index (χ4v) is 1.61. The van der Waals surface area contributed by atoms with E-state index in [9.17, 15) is 0 Å². The van der Waals surface area contributed by atoms with Gasteiger partial charge in [0.25, 0.3) is 0 Å². The van der Waals surface area contributed by atoms with Gasteiger partial charge in [-0.05, 0) is 30.7 Å². The van der Waals surface area contributed by atoms with E-state index in [4.69, 9.17) is 16.9 Å². The molecule has 0 saturated heterocycles. The van der Waals surface area contributed by atoms with E-state index < -0.39 is 0 Å². The maximum absolute atomic E-state index is 8.72. The smallest absolute Gasteiger partial charge is 0.228 e. The second-order valence-corrected chi connectivity index (χ2v) is 3.89. The number of aromatic nitrogens is 2. The minimum absolute atomic E-state index is 0.311. The molecule has 1 heterocycles. The summed E-state index contributed by atoms with van der Waals surface area (Å²) in [6.07, 6.45) is 1.52. The summed E-state index contributed by atoms with van der Waals surface area (Å²) in [6.45, 7) is 1.96. The average molecular weight is 245 g/mol. The van der Waals surface area contributed by atoms with Crippen LogP contribution in [0.2, 0.25) is 5.02 Å². The molecule has 0 amide bonds. The zero-order chi connectivity index (χ0) is 12.3. The molecule has 5 heteroatoms. The van der Waals surface area contributed by atoms with Crippen molar-refractivity contribution in [1.82, 2.24) is 9.97 Å². The van der Waals surface area contributed by atoms with Crippen LogP contribution in [0, 0.1) is 18.3 Å². The molecule has 0 aliphatic heterocycles. The van der Waals surface area contributed by atoms with Crippen molar-refractivity contribution >= 4 is 23.2 Å². The van der Waals surface area contributed by atoms with E-state index in [0.717, 1.165) is 5.56 Å². The number of rotatable bonds is 2. The highest BCUT2D eigenvalue weighted by atomic mass is 35.5. The van der Waals surface area contributed by atoms with Gasteiger partial charge in [0.1, 0.15) is 11.8 Å². The van der Waals surface area contributed by atoms with Crippen molar-refractivity contribution in [2.24, 2.45) is 0 Å². The lowest BCUT2D eigenvalue weighted by atomic mass is 10.2. The predicted molar refractivity (Wildman–Crippen MR) is 66.2 cm³/mol. The summed E-state index contributed by atoms with van der Waals surface area (Å²) in [6, 6.07) is 9.12. The highest BCUT2D eigenvalue weighted by Gasteiger charge is 2.03. The summed E-state index contributed by atoms with van der Waals surface area (Å²) in [4.78, 5) is 8.02. The highest BCUT2D eigenvalue weighted by molar-refractivity contribution is 6.33. The van der Waals surface area contributed by atoms with Gasteiger partial charge in [-0.1, -0.05) is 17.7 Å². The number of anilines is 2. The lowest BCUT2D eigenvalue weighted by Gasteiger charge is -2.07. The summed E-state index contributed by atoms with van der Waals surface area (Å²) in [7, 11) is 0. The number of aryl methyl sites for hydroxylation is 1. The first-order chi connectivity index (χ1) is 8.19. The first-order valence-electron chi connectivity index (χ1n) is 4.95. The largest absolute Gasteiger partial charge is 0.323 e. The molecule has 0 atom stereocenters. The van der Waals surface area contributed by atoms with Gasteiger partial charge in [-0.25, -0.2) is 9.97 Å². The fourth-order valence-electron chi connectivity index (χ4n) is 1.32. The van der Waals surface area contributed by atoms with E-state index in [1.807, 2.05) is 31.2 Å². The third kappa shape index (κ3) is 2.71. The molecule has 1 aromatic carbocycles. The third-order valence-electron chi connectivity index (χ3n) is 2.14. The van der Waals surface area contributed by atoms with Gasteiger partial charge in [0.2, 0.25) is 5.95 Å². The van der Waals surface area contributed by atoms with E-state index in [0.29, 0.717) is 22.4 Å². The Bertz CT molecular complexity index is 589. The van der Waals surface area contributed by atoms with Gasteiger partial charge in [-0.15, -0.1) is 0 Å². The van der Waals surface area contributed by atoms with Crippen molar-refractivity contribution in [2.75, 3.05) is 5.32 Å². The lowest BCUT2D eigenvalue weighted by Crippen LogP contribution is -1.98. The Morgan fingerprint density at radius 1 is 1.35 bits per heavy atom. The highest BCUT2D eigenvalue weighted by Crippen LogP contribution is 2.24. The van der Waals surface area contributed by atoms with E-state index in [1.165, 1.54) is 6.20 Å². The molecule has 17 heavy (non-hydrogen) atoms. The molecule has 2 aromatic rings. The quantitative estimate of drug-likeness (QED) is 0.882. The molecule has 0 saturated carbocycles. The van der Waals surface area contributed by atoms with Crippen LogP contribution in [0.1, 0.15) is 11.3 Å². The van der Waals surface area contributed by atoms with Crippen molar-refractivity contribution in [3.8, 4) is 6.07 Å². The normalized spacial score (nSPS) is 9.71. The minimum atomic E-state index is 0.311. The summed E-state index contributed by atoms with van der Waals surface area (Å²) < 4.78 is 0.